The van der Waals surface area contributed by atoms with Crippen LogP contribution < -0.4 is 5.32 Å². The van der Waals surface area contributed by atoms with Crippen LogP contribution in [0.15, 0.2) is 30.3 Å². The highest BCUT2D eigenvalue weighted by Gasteiger charge is 2.51. The second-order valence-electron chi connectivity index (χ2n) is 5.44. The maximum atomic E-state index is 12.3. The molecule has 106 valence electrons. The lowest BCUT2D eigenvalue weighted by Gasteiger charge is -2.33. The molecule has 2 saturated heterocycles. The number of carbonyl (C=O) groups is 2. The maximum Gasteiger partial charge on any atom is 0.325 e. The summed E-state index contributed by atoms with van der Waals surface area (Å²) in [5, 5.41) is 2.42. The van der Waals surface area contributed by atoms with E-state index in [0.29, 0.717) is 6.54 Å². The highest BCUT2D eigenvalue weighted by molar-refractivity contribution is 6.07. The van der Waals surface area contributed by atoms with Gasteiger partial charge >= 0.3 is 6.03 Å². The van der Waals surface area contributed by atoms with E-state index in [1.54, 1.807) is 11.8 Å². The first-order chi connectivity index (χ1) is 9.62. The molecule has 2 fully saturated rings. The quantitative estimate of drug-likeness (QED) is 0.852. The predicted octanol–water partition coefficient (Wildman–Crippen LogP) is 1.63. The van der Waals surface area contributed by atoms with Crippen LogP contribution in [0, 0.1) is 0 Å². The highest BCUT2D eigenvalue weighted by atomic mass is 16.5. The number of hydrogen-bond acceptors (Lipinski definition) is 3. The highest BCUT2D eigenvalue weighted by Crippen LogP contribution is 2.33. The molecule has 1 aromatic rings. The van der Waals surface area contributed by atoms with Crippen LogP contribution in [0.3, 0.4) is 0 Å². The van der Waals surface area contributed by atoms with Crippen LogP contribution in [-0.4, -0.2) is 36.1 Å². The van der Waals surface area contributed by atoms with Crippen LogP contribution in [0.4, 0.5) is 4.79 Å². The number of amides is 3. The summed E-state index contributed by atoms with van der Waals surface area (Å²) in [5.74, 6) is -0.272. The molecular formula is C15H18N2O3. The third-order valence-corrected chi connectivity index (χ3v) is 4.19. The van der Waals surface area contributed by atoms with Crippen molar-refractivity contribution in [3.05, 3.63) is 35.9 Å². The number of carbonyl (C=O) groups excluding carboxylic acids is 2. The number of rotatable bonds is 3. The van der Waals surface area contributed by atoms with Gasteiger partial charge in [-0.15, -0.1) is 0 Å². The smallest absolute Gasteiger partial charge is 0.325 e. The number of urea groups is 1. The summed E-state index contributed by atoms with van der Waals surface area (Å²) in [6.07, 6.45) is 1.97. The van der Waals surface area contributed by atoms with Crippen molar-refractivity contribution in [2.24, 2.45) is 0 Å². The van der Waals surface area contributed by atoms with Crippen molar-refractivity contribution in [1.82, 2.24) is 10.2 Å². The largest absolute Gasteiger partial charge is 0.376 e. The number of nitrogens with zero attached hydrogens (tertiary/aromatic N) is 1. The van der Waals surface area contributed by atoms with Gasteiger partial charge in [-0.05, 0) is 25.3 Å². The van der Waals surface area contributed by atoms with Gasteiger partial charge in [0, 0.05) is 6.61 Å². The first-order valence-corrected chi connectivity index (χ1v) is 6.92. The van der Waals surface area contributed by atoms with Gasteiger partial charge in [-0.2, -0.15) is 0 Å². The molecule has 0 aliphatic carbocycles. The SMILES string of the molecule is CC1(c2ccccc2)C(=O)NC(=O)N1CC1CCCO1. The molecule has 20 heavy (non-hydrogen) atoms. The molecule has 3 rings (SSSR count). The molecule has 2 unspecified atom stereocenters. The monoisotopic (exact) mass is 274 g/mol. The molecule has 3 amide bonds. The Labute approximate surface area is 117 Å². The molecule has 2 atom stereocenters. The Morgan fingerprint density at radius 1 is 1.35 bits per heavy atom. The summed E-state index contributed by atoms with van der Waals surface area (Å²) >= 11 is 0. The van der Waals surface area contributed by atoms with Crippen LogP contribution >= 0.6 is 0 Å². The third-order valence-electron chi connectivity index (χ3n) is 4.19. The van der Waals surface area contributed by atoms with Crippen LogP contribution in [0.25, 0.3) is 0 Å². The fourth-order valence-corrected chi connectivity index (χ4v) is 2.92. The van der Waals surface area contributed by atoms with Crippen molar-refractivity contribution in [3.63, 3.8) is 0 Å². The number of ether oxygens (including phenoxy) is 1. The predicted molar refractivity (Wildman–Crippen MR) is 73.0 cm³/mol. The topological polar surface area (TPSA) is 58.6 Å². The van der Waals surface area contributed by atoms with E-state index in [-0.39, 0.29) is 18.0 Å². The van der Waals surface area contributed by atoms with Crippen molar-refractivity contribution in [2.45, 2.75) is 31.4 Å². The Balaban J connectivity index is 1.92. The molecule has 2 aliphatic rings. The van der Waals surface area contributed by atoms with Gasteiger partial charge in [-0.1, -0.05) is 30.3 Å². The summed E-state index contributed by atoms with van der Waals surface area (Å²) < 4.78 is 5.59. The minimum Gasteiger partial charge on any atom is -0.376 e. The molecule has 1 N–H and O–H groups in total. The average molecular weight is 274 g/mol. The Kier molecular flexibility index (Phi) is 3.22. The van der Waals surface area contributed by atoms with Crippen molar-refractivity contribution in [2.75, 3.05) is 13.2 Å². The van der Waals surface area contributed by atoms with Gasteiger partial charge in [0.15, 0.2) is 0 Å². The zero-order valence-electron chi connectivity index (χ0n) is 11.5. The zero-order valence-corrected chi connectivity index (χ0v) is 11.5. The van der Waals surface area contributed by atoms with Gasteiger partial charge in [0.2, 0.25) is 0 Å². The van der Waals surface area contributed by atoms with Crippen LogP contribution in [-0.2, 0) is 15.1 Å². The van der Waals surface area contributed by atoms with Gasteiger partial charge in [0.05, 0.1) is 12.6 Å². The third kappa shape index (κ3) is 1.98. The van der Waals surface area contributed by atoms with Crippen LogP contribution in [0.5, 0.6) is 0 Å². The van der Waals surface area contributed by atoms with Crippen molar-refractivity contribution in [1.29, 1.82) is 0 Å². The molecular weight excluding hydrogens is 256 g/mol. The number of benzene rings is 1. The van der Waals surface area contributed by atoms with Gasteiger partial charge in [-0.25, -0.2) is 4.79 Å². The fourth-order valence-electron chi connectivity index (χ4n) is 2.92. The van der Waals surface area contributed by atoms with Crippen molar-refractivity contribution in [3.8, 4) is 0 Å². The Bertz CT molecular complexity index is 525. The van der Waals surface area contributed by atoms with Gasteiger partial charge in [-0.3, -0.25) is 10.1 Å². The summed E-state index contributed by atoms with van der Waals surface area (Å²) in [6.45, 7) is 2.97. The van der Waals surface area contributed by atoms with Gasteiger partial charge < -0.3 is 9.64 Å². The normalized spacial score (nSPS) is 29.9. The summed E-state index contributed by atoms with van der Waals surface area (Å²) in [6, 6.07) is 9.06. The van der Waals surface area contributed by atoms with Crippen LogP contribution in [0.2, 0.25) is 0 Å². The molecule has 0 saturated carbocycles. The Morgan fingerprint density at radius 2 is 2.10 bits per heavy atom. The lowest BCUT2D eigenvalue weighted by Crippen LogP contribution is -2.47. The lowest BCUT2D eigenvalue weighted by atomic mass is 9.90. The van der Waals surface area contributed by atoms with Crippen molar-refractivity contribution < 1.29 is 14.3 Å². The second-order valence-corrected chi connectivity index (χ2v) is 5.44. The molecule has 5 nitrogen and oxygen atoms in total. The second kappa shape index (κ2) is 4.90. The van der Waals surface area contributed by atoms with E-state index in [4.69, 9.17) is 4.74 Å². The van der Waals surface area contributed by atoms with E-state index < -0.39 is 5.54 Å². The molecule has 2 heterocycles. The molecule has 0 spiro atoms. The molecule has 1 aromatic carbocycles. The molecule has 5 heteroatoms. The molecule has 2 aliphatic heterocycles. The number of nitrogens with one attached hydrogen (secondary N) is 1. The first kappa shape index (κ1) is 13.1. The summed E-state index contributed by atoms with van der Waals surface area (Å²) in [7, 11) is 0. The average Bonchev–Trinajstić information content (AvgIpc) is 3.04. The minimum absolute atomic E-state index is 0.0229. The Morgan fingerprint density at radius 3 is 2.75 bits per heavy atom. The number of imide groups is 1. The Hall–Kier alpha value is -1.88. The molecule has 0 aromatic heterocycles. The van der Waals surface area contributed by atoms with Crippen molar-refractivity contribution >= 4 is 11.9 Å². The van der Waals surface area contributed by atoms with E-state index in [9.17, 15) is 9.59 Å². The minimum atomic E-state index is -0.954. The zero-order chi connectivity index (χ0) is 14.2. The van der Waals surface area contributed by atoms with Crippen LogP contribution in [0.1, 0.15) is 25.3 Å². The fraction of sp³-hybridized carbons (Fsp3) is 0.467. The first-order valence-electron chi connectivity index (χ1n) is 6.92. The summed E-state index contributed by atoms with van der Waals surface area (Å²) in [5.41, 5.74) is -0.133. The van der Waals surface area contributed by atoms with E-state index in [1.807, 2.05) is 30.3 Å². The van der Waals surface area contributed by atoms with Gasteiger partial charge in [0.25, 0.3) is 5.91 Å². The maximum absolute atomic E-state index is 12.3. The standard InChI is InChI=1S/C15H18N2O3/c1-15(11-6-3-2-4-7-11)13(18)16-14(19)17(15)10-12-8-5-9-20-12/h2-4,6-7,12H,5,8-10H2,1H3,(H,16,18,19). The lowest BCUT2D eigenvalue weighted by molar-refractivity contribution is -0.126. The number of hydrogen-bond donors (Lipinski definition) is 1. The van der Waals surface area contributed by atoms with E-state index in [1.165, 1.54) is 0 Å². The summed E-state index contributed by atoms with van der Waals surface area (Å²) in [4.78, 5) is 26.0. The van der Waals surface area contributed by atoms with E-state index in [0.717, 1.165) is 25.0 Å². The molecule has 0 bridgehead atoms. The molecule has 0 radical (unpaired) electrons. The van der Waals surface area contributed by atoms with E-state index >= 15 is 0 Å². The van der Waals surface area contributed by atoms with E-state index in [2.05, 4.69) is 5.32 Å². The van der Waals surface area contributed by atoms with Gasteiger partial charge in [0.1, 0.15) is 5.54 Å².